The average Bonchev–Trinajstić information content (AvgIpc) is 3.08. The fraction of sp³-hybridized carbons (Fsp3) is 0.167. The zero-order chi connectivity index (χ0) is 18.5. The van der Waals surface area contributed by atoms with Gasteiger partial charge in [-0.1, -0.05) is 39.4 Å². The molecule has 0 fully saturated rings. The molecule has 1 amide bonds. The Morgan fingerprint density at radius 1 is 1.12 bits per heavy atom. The van der Waals surface area contributed by atoms with Crippen molar-refractivity contribution in [2.75, 3.05) is 19.5 Å². The van der Waals surface area contributed by atoms with Crippen molar-refractivity contribution in [1.82, 2.24) is 10.2 Å². The van der Waals surface area contributed by atoms with E-state index in [1.165, 1.54) is 11.3 Å². The molecule has 0 aliphatic rings. The Hall–Kier alpha value is -2.45. The van der Waals surface area contributed by atoms with Gasteiger partial charge in [0, 0.05) is 16.5 Å². The van der Waals surface area contributed by atoms with E-state index in [2.05, 4.69) is 31.4 Å². The minimum Gasteiger partial charge on any atom is -0.493 e. The Morgan fingerprint density at radius 3 is 2.65 bits per heavy atom. The summed E-state index contributed by atoms with van der Waals surface area (Å²) < 4.78 is 11.4. The number of ether oxygens (including phenoxy) is 2. The summed E-state index contributed by atoms with van der Waals surface area (Å²) in [5.41, 5.74) is 1.57. The van der Waals surface area contributed by atoms with Crippen molar-refractivity contribution < 1.29 is 14.3 Å². The Bertz CT molecular complexity index is 930. The lowest BCUT2D eigenvalue weighted by atomic mass is 10.1. The van der Waals surface area contributed by atoms with E-state index in [0.29, 0.717) is 28.6 Å². The van der Waals surface area contributed by atoms with Crippen molar-refractivity contribution in [3.8, 4) is 11.5 Å². The summed E-state index contributed by atoms with van der Waals surface area (Å²) >= 11 is 4.69. The highest BCUT2D eigenvalue weighted by Gasteiger charge is 2.12. The smallest absolute Gasteiger partial charge is 0.257 e. The predicted molar refractivity (Wildman–Crippen MR) is 104 cm³/mol. The maximum Gasteiger partial charge on any atom is 0.257 e. The molecule has 6 nitrogen and oxygen atoms in total. The number of nitrogens with zero attached hydrogens (tertiary/aromatic N) is 2. The molecule has 0 saturated heterocycles. The molecule has 26 heavy (non-hydrogen) atoms. The number of hydrogen-bond acceptors (Lipinski definition) is 6. The summed E-state index contributed by atoms with van der Waals surface area (Å²) in [6.45, 7) is 0. The van der Waals surface area contributed by atoms with Crippen LogP contribution in [-0.2, 0) is 6.42 Å². The van der Waals surface area contributed by atoms with Crippen LogP contribution in [-0.4, -0.2) is 30.3 Å². The minimum atomic E-state index is -0.222. The lowest BCUT2D eigenvalue weighted by Gasteiger charge is -2.08. The van der Waals surface area contributed by atoms with Crippen molar-refractivity contribution in [3.63, 3.8) is 0 Å². The molecule has 0 aliphatic carbocycles. The van der Waals surface area contributed by atoms with Crippen molar-refractivity contribution in [1.29, 1.82) is 0 Å². The maximum absolute atomic E-state index is 12.3. The molecule has 0 atom stereocenters. The molecule has 0 saturated carbocycles. The first-order chi connectivity index (χ1) is 12.6. The molecule has 0 radical (unpaired) electrons. The summed E-state index contributed by atoms with van der Waals surface area (Å²) in [6.07, 6.45) is 0.588. The second-order valence-corrected chi connectivity index (χ2v) is 7.31. The molecule has 3 rings (SSSR count). The number of anilines is 1. The zero-order valence-corrected chi connectivity index (χ0v) is 16.6. The van der Waals surface area contributed by atoms with E-state index in [1.807, 2.05) is 30.3 Å². The third kappa shape index (κ3) is 4.39. The highest BCUT2D eigenvalue weighted by Crippen LogP contribution is 2.29. The fourth-order valence-corrected chi connectivity index (χ4v) is 3.51. The van der Waals surface area contributed by atoms with Gasteiger partial charge in [0.15, 0.2) is 11.5 Å². The molecule has 134 valence electrons. The molecule has 2 aromatic carbocycles. The van der Waals surface area contributed by atoms with Crippen LogP contribution in [0.15, 0.2) is 46.9 Å². The number of amides is 1. The number of nitrogens with one attached hydrogen (secondary N) is 1. The van der Waals surface area contributed by atoms with Crippen LogP contribution in [0.5, 0.6) is 11.5 Å². The normalized spacial score (nSPS) is 10.4. The van der Waals surface area contributed by atoms with E-state index in [9.17, 15) is 4.79 Å². The predicted octanol–water partition coefficient (Wildman–Crippen LogP) is 4.16. The first-order valence-electron chi connectivity index (χ1n) is 7.69. The van der Waals surface area contributed by atoms with Gasteiger partial charge in [-0.3, -0.25) is 10.1 Å². The Kier molecular flexibility index (Phi) is 5.85. The molecule has 0 bridgehead atoms. The monoisotopic (exact) mass is 433 g/mol. The van der Waals surface area contributed by atoms with Crippen molar-refractivity contribution >= 4 is 38.3 Å². The van der Waals surface area contributed by atoms with Crippen LogP contribution < -0.4 is 14.8 Å². The molecular weight excluding hydrogens is 418 g/mol. The van der Waals surface area contributed by atoms with Crippen molar-refractivity contribution in [2.24, 2.45) is 0 Å². The summed E-state index contributed by atoms with van der Waals surface area (Å²) in [5, 5.41) is 12.2. The van der Waals surface area contributed by atoms with Gasteiger partial charge in [-0.15, -0.1) is 10.2 Å². The highest BCUT2D eigenvalue weighted by atomic mass is 79.9. The standard InChI is InChI=1S/C18H16BrN3O3S/c1-24-14-7-6-11(8-15(14)25-2)9-16-21-22-18(26-16)20-17(23)12-4-3-5-13(19)10-12/h3-8,10H,9H2,1-2H3,(H,20,22,23). The zero-order valence-electron chi connectivity index (χ0n) is 14.2. The van der Waals surface area contributed by atoms with Crippen LogP contribution in [0.25, 0.3) is 0 Å². The topological polar surface area (TPSA) is 73.3 Å². The van der Waals surface area contributed by atoms with E-state index in [1.54, 1.807) is 26.4 Å². The van der Waals surface area contributed by atoms with Gasteiger partial charge in [-0.2, -0.15) is 0 Å². The van der Waals surface area contributed by atoms with E-state index in [4.69, 9.17) is 9.47 Å². The van der Waals surface area contributed by atoms with Gasteiger partial charge >= 0.3 is 0 Å². The van der Waals surface area contributed by atoms with Gasteiger partial charge in [0.25, 0.3) is 5.91 Å². The van der Waals surface area contributed by atoms with Gasteiger partial charge in [-0.05, 0) is 35.9 Å². The highest BCUT2D eigenvalue weighted by molar-refractivity contribution is 9.10. The number of aromatic nitrogens is 2. The molecule has 3 aromatic rings. The molecule has 0 spiro atoms. The summed E-state index contributed by atoms with van der Waals surface area (Å²) in [4.78, 5) is 12.3. The number of carbonyl (C=O) groups is 1. The van der Waals surface area contributed by atoms with Gasteiger partial charge < -0.3 is 9.47 Å². The van der Waals surface area contributed by atoms with Gasteiger partial charge in [0.05, 0.1) is 14.2 Å². The minimum absolute atomic E-state index is 0.222. The number of halogens is 1. The van der Waals surface area contributed by atoms with Crippen LogP contribution in [0.2, 0.25) is 0 Å². The lowest BCUT2D eigenvalue weighted by molar-refractivity contribution is 0.102. The second kappa shape index (κ2) is 8.29. The Morgan fingerprint density at radius 2 is 1.92 bits per heavy atom. The molecule has 8 heteroatoms. The SMILES string of the molecule is COc1ccc(Cc2nnc(NC(=O)c3cccc(Br)c3)s2)cc1OC. The molecule has 1 N–H and O–H groups in total. The van der Waals surface area contributed by atoms with Crippen LogP contribution in [0.3, 0.4) is 0 Å². The van der Waals surface area contributed by atoms with Crippen molar-refractivity contribution in [2.45, 2.75) is 6.42 Å². The largest absolute Gasteiger partial charge is 0.493 e. The number of benzene rings is 2. The average molecular weight is 434 g/mol. The Labute approximate surface area is 163 Å². The first kappa shape index (κ1) is 18.3. The van der Waals surface area contributed by atoms with E-state index >= 15 is 0 Å². The third-order valence-electron chi connectivity index (χ3n) is 3.58. The molecule has 0 unspecified atom stereocenters. The first-order valence-corrected chi connectivity index (χ1v) is 9.30. The third-order valence-corrected chi connectivity index (χ3v) is 4.91. The molecular formula is C18H16BrN3O3S. The molecule has 0 aliphatic heterocycles. The van der Waals surface area contributed by atoms with E-state index in [-0.39, 0.29) is 5.91 Å². The Balaban J connectivity index is 1.69. The second-order valence-electron chi connectivity index (χ2n) is 5.33. The van der Waals surface area contributed by atoms with E-state index in [0.717, 1.165) is 15.0 Å². The fourth-order valence-electron chi connectivity index (χ4n) is 2.34. The van der Waals surface area contributed by atoms with Gasteiger partial charge in [0.2, 0.25) is 5.13 Å². The van der Waals surface area contributed by atoms with Gasteiger partial charge in [-0.25, -0.2) is 0 Å². The molecule has 1 heterocycles. The summed E-state index contributed by atoms with van der Waals surface area (Å²) in [6, 6.07) is 12.9. The van der Waals surface area contributed by atoms with Crippen LogP contribution in [0, 0.1) is 0 Å². The van der Waals surface area contributed by atoms with Crippen LogP contribution >= 0.6 is 27.3 Å². The number of carbonyl (C=O) groups excluding carboxylic acids is 1. The molecule has 1 aromatic heterocycles. The van der Waals surface area contributed by atoms with Crippen LogP contribution in [0.4, 0.5) is 5.13 Å². The summed E-state index contributed by atoms with van der Waals surface area (Å²) in [5.74, 6) is 1.12. The lowest BCUT2D eigenvalue weighted by Crippen LogP contribution is -2.11. The maximum atomic E-state index is 12.3. The van der Waals surface area contributed by atoms with Crippen molar-refractivity contribution in [3.05, 3.63) is 63.1 Å². The number of rotatable bonds is 6. The van der Waals surface area contributed by atoms with Gasteiger partial charge in [0.1, 0.15) is 5.01 Å². The number of hydrogen-bond donors (Lipinski definition) is 1. The number of methoxy groups -OCH3 is 2. The quantitative estimate of drug-likeness (QED) is 0.631. The van der Waals surface area contributed by atoms with Crippen LogP contribution in [0.1, 0.15) is 20.9 Å². The summed E-state index contributed by atoms with van der Waals surface area (Å²) in [7, 11) is 3.20. The van der Waals surface area contributed by atoms with E-state index < -0.39 is 0 Å².